The summed E-state index contributed by atoms with van der Waals surface area (Å²) in [6, 6.07) is 0. The molecule has 0 atom stereocenters. The van der Waals surface area contributed by atoms with Crippen molar-refractivity contribution in [2.75, 3.05) is 0 Å². The van der Waals surface area contributed by atoms with Crippen molar-refractivity contribution in [2.24, 2.45) is 0 Å². The fourth-order valence-electron chi connectivity index (χ4n) is 0.121. The fourth-order valence-corrected chi connectivity index (χ4v) is 0.121. The molecular formula is C4H7NO. The zero-order valence-electron chi connectivity index (χ0n) is 3.60. The van der Waals surface area contributed by atoms with Crippen LogP contribution in [0.25, 0.3) is 0 Å². The van der Waals surface area contributed by atoms with E-state index in [0.29, 0.717) is 0 Å². The van der Waals surface area contributed by atoms with Gasteiger partial charge in [-0.25, -0.2) is 0 Å². The van der Waals surface area contributed by atoms with Crippen molar-refractivity contribution < 1.29 is 5.11 Å². The average Bonchev–Trinajstić information content (AvgIpc) is 1.35. The largest absolute Gasteiger partial charge is 0.513 e. The summed E-state index contributed by atoms with van der Waals surface area (Å²) >= 11 is 0. The van der Waals surface area contributed by atoms with Gasteiger partial charge in [0.1, 0.15) is 0 Å². The topological polar surface area (TPSA) is 44.1 Å². The molecule has 0 aliphatic carbocycles. The van der Waals surface area contributed by atoms with E-state index in [9.17, 15) is 0 Å². The maximum atomic E-state index is 8.26. The first-order valence-electron chi connectivity index (χ1n) is 1.63. The lowest BCUT2D eigenvalue weighted by Crippen LogP contribution is -1.67. The molecule has 0 aliphatic rings. The predicted octanol–water partition coefficient (Wildman–Crippen LogP) is 1.10. The van der Waals surface area contributed by atoms with Crippen LogP contribution in [0.1, 0.15) is 6.92 Å². The van der Waals surface area contributed by atoms with Crippen LogP contribution in [0.15, 0.2) is 11.8 Å². The van der Waals surface area contributed by atoms with E-state index in [1.165, 1.54) is 13.0 Å². The van der Waals surface area contributed by atoms with E-state index in [0.717, 1.165) is 6.21 Å². The predicted molar refractivity (Wildman–Crippen MR) is 25.2 cm³/mol. The van der Waals surface area contributed by atoms with Crippen LogP contribution < -0.4 is 0 Å². The van der Waals surface area contributed by atoms with E-state index in [1.807, 2.05) is 0 Å². The molecule has 0 unspecified atom stereocenters. The Morgan fingerprint density at radius 2 is 2.33 bits per heavy atom. The maximum Gasteiger partial charge on any atom is 0.0906 e. The van der Waals surface area contributed by atoms with E-state index in [4.69, 9.17) is 10.5 Å². The van der Waals surface area contributed by atoms with Gasteiger partial charge in [0.2, 0.25) is 0 Å². The van der Waals surface area contributed by atoms with Gasteiger partial charge >= 0.3 is 0 Å². The molecule has 2 nitrogen and oxygen atoms in total. The maximum absolute atomic E-state index is 8.26. The highest BCUT2D eigenvalue weighted by Crippen LogP contribution is 1.76. The van der Waals surface area contributed by atoms with Gasteiger partial charge in [0.25, 0.3) is 0 Å². The van der Waals surface area contributed by atoms with Crippen molar-refractivity contribution in [2.45, 2.75) is 6.92 Å². The van der Waals surface area contributed by atoms with Crippen LogP contribution in [0, 0.1) is 5.41 Å². The molecule has 0 rings (SSSR count). The number of nitrogens with one attached hydrogen (secondary N) is 1. The normalized spacial score (nSPS) is 11.2. The first-order chi connectivity index (χ1) is 2.77. The molecule has 0 saturated carbocycles. The highest BCUT2D eigenvalue weighted by Gasteiger charge is 1.67. The van der Waals surface area contributed by atoms with Crippen LogP contribution in [0.4, 0.5) is 0 Å². The number of aliphatic hydroxyl groups excluding tert-OH is 1. The van der Waals surface area contributed by atoms with E-state index in [-0.39, 0.29) is 5.76 Å². The zero-order chi connectivity index (χ0) is 4.99. The molecule has 0 bridgehead atoms. The van der Waals surface area contributed by atoms with Crippen molar-refractivity contribution in [3.8, 4) is 0 Å². The minimum Gasteiger partial charge on any atom is -0.513 e. The highest BCUT2D eigenvalue weighted by molar-refractivity contribution is 5.67. The van der Waals surface area contributed by atoms with Gasteiger partial charge in [-0.2, -0.15) is 0 Å². The fraction of sp³-hybridized carbons (Fsp3) is 0.250. The smallest absolute Gasteiger partial charge is 0.0906 e. The Bertz CT molecular complexity index is 71.6. The molecule has 0 saturated heterocycles. The van der Waals surface area contributed by atoms with Gasteiger partial charge in [-0.15, -0.1) is 0 Å². The highest BCUT2D eigenvalue weighted by atomic mass is 16.3. The molecule has 0 aromatic heterocycles. The Morgan fingerprint density at radius 3 is 2.33 bits per heavy atom. The lowest BCUT2D eigenvalue weighted by Gasteiger charge is -1.76. The van der Waals surface area contributed by atoms with Gasteiger partial charge in [0.05, 0.1) is 5.76 Å². The molecule has 2 heteroatoms. The number of rotatable bonds is 1. The van der Waals surface area contributed by atoms with Crippen LogP contribution >= 0.6 is 0 Å². The van der Waals surface area contributed by atoms with Gasteiger partial charge in [0, 0.05) is 6.21 Å². The summed E-state index contributed by atoms with van der Waals surface area (Å²) in [6.07, 6.45) is 2.34. The third kappa shape index (κ3) is 3.21. The molecular weight excluding hydrogens is 78.0 g/mol. The third-order valence-electron chi connectivity index (χ3n) is 0.325. The number of aliphatic hydroxyl groups is 1. The lowest BCUT2D eigenvalue weighted by atomic mass is 10.5. The first kappa shape index (κ1) is 5.21. The van der Waals surface area contributed by atoms with Gasteiger partial charge < -0.3 is 10.5 Å². The molecule has 6 heavy (non-hydrogen) atoms. The Hall–Kier alpha value is -0.790. The number of hydrogen-bond acceptors (Lipinski definition) is 2. The van der Waals surface area contributed by atoms with E-state index in [1.54, 1.807) is 0 Å². The lowest BCUT2D eigenvalue weighted by molar-refractivity contribution is 0.415. The summed E-state index contributed by atoms with van der Waals surface area (Å²) in [5, 5.41) is 14.6. The molecule has 0 fully saturated rings. The van der Waals surface area contributed by atoms with Crippen molar-refractivity contribution in [3.05, 3.63) is 11.8 Å². The first-order valence-corrected chi connectivity index (χ1v) is 1.63. The number of hydrogen-bond donors (Lipinski definition) is 2. The van der Waals surface area contributed by atoms with Crippen molar-refractivity contribution >= 4 is 6.21 Å². The summed E-state index contributed by atoms with van der Waals surface area (Å²) in [7, 11) is 0. The van der Waals surface area contributed by atoms with E-state index in [2.05, 4.69) is 0 Å². The van der Waals surface area contributed by atoms with Crippen LogP contribution in [0.5, 0.6) is 0 Å². The van der Waals surface area contributed by atoms with Gasteiger partial charge in [-0.3, -0.25) is 0 Å². The molecule has 0 aromatic rings. The summed E-state index contributed by atoms with van der Waals surface area (Å²) in [5.74, 6) is 0.171. The second-order valence-electron chi connectivity index (χ2n) is 0.975. The zero-order valence-corrected chi connectivity index (χ0v) is 3.60. The molecule has 0 spiro atoms. The second-order valence-corrected chi connectivity index (χ2v) is 0.975. The van der Waals surface area contributed by atoms with Gasteiger partial charge in [-0.05, 0) is 13.0 Å². The SMILES string of the molecule is CC(O)=CC=N. The molecule has 2 N–H and O–H groups in total. The van der Waals surface area contributed by atoms with Crippen LogP contribution in [-0.2, 0) is 0 Å². The van der Waals surface area contributed by atoms with Gasteiger partial charge in [0.15, 0.2) is 0 Å². The van der Waals surface area contributed by atoms with Crippen LogP contribution in [0.3, 0.4) is 0 Å². The molecule has 0 aliphatic heterocycles. The molecule has 0 aromatic carbocycles. The van der Waals surface area contributed by atoms with Crippen molar-refractivity contribution in [3.63, 3.8) is 0 Å². The Morgan fingerprint density at radius 1 is 1.83 bits per heavy atom. The molecule has 0 radical (unpaired) electrons. The molecule has 0 amide bonds. The Kier molecular flexibility index (Phi) is 2.13. The van der Waals surface area contributed by atoms with Crippen molar-refractivity contribution in [1.82, 2.24) is 0 Å². The standard InChI is InChI=1S/C4H7NO/c1-4(6)2-3-5/h2-3,5-6H,1H3. The van der Waals surface area contributed by atoms with Gasteiger partial charge in [-0.1, -0.05) is 0 Å². The van der Waals surface area contributed by atoms with Crippen molar-refractivity contribution in [1.29, 1.82) is 5.41 Å². The second kappa shape index (κ2) is 2.45. The summed E-state index contributed by atoms with van der Waals surface area (Å²) in [5.41, 5.74) is 0. The third-order valence-corrected chi connectivity index (χ3v) is 0.325. The minimum absolute atomic E-state index is 0.171. The summed E-state index contributed by atoms with van der Waals surface area (Å²) < 4.78 is 0. The van der Waals surface area contributed by atoms with E-state index >= 15 is 0 Å². The van der Waals surface area contributed by atoms with Crippen LogP contribution in [-0.4, -0.2) is 11.3 Å². The summed E-state index contributed by atoms with van der Waals surface area (Å²) in [4.78, 5) is 0. The summed E-state index contributed by atoms with van der Waals surface area (Å²) in [6.45, 7) is 1.52. The molecule has 34 valence electrons. The minimum atomic E-state index is 0.171. The Balaban J connectivity index is 3.41. The average molecular weight is 85.1 g/mol. The van der Waals surface area contributed by atoms with Crippen LogP contribution in [0.2, 0.25) is 0 Å². The Labute approximate surface area is 36.6 Å². The van der Waals surface area contributed by atoms with E-state index < -0.39 is 0 Å². The number of allylic oxidation sites excluding steroid dienone is 2. The quantitative estimate of drug-likeness (QED) is 0.363. The molecule has 0 heterocycles. The monoisotopic (exact) mass is 85.1 g/mol.